The average molecular weight is 381 g/mol. The summed E-state index contributed by atoms with van der Waals surface area (Å²) in [5, 5.41) is 3.68. The highest BCUT2D eigenvalue weighted by Crippen LogP contribution is 2.19. The van der Waals surface area contributed by atoms with Crippen LogP contribution in [0.3, 0.4) is 0 Å². The van der Waals surface area contributed by atoms with Crippen LogP contribution < -0.4 is 5.32 Å². The summed E-state index contributed by atoms with van der Waals surface area (Å²) in [5.74, 6) is 0.0517. The topological polar surface area (TPSA) is 58.6 Å². The van der Waals surface area contributed by atoms with E-state index in [4.69, 9.17) is 16.3 Å². The Bertz CT molecular complexity index is 589. The molecule has 1 fully saturated rings. The van der Waals surface area contributed by atoms with Gasteiger partial charge in [-0.15, -0.1) is 0 Å². The molecule has 0 radical (unpaired) electrons. The molecule has 1 aromatic carbocycles. The van der Waals surface area contributed by atoms with Gasteiger partial charge in [0, 0.05) is 37.7 Å². The fourth-order valence-corrected chi connectivity index (χ4v) is 3.13. The summed E-state index contributed by atoms with van der Waals surface area (Å²) in [6.07, 6.45) is 2.85. The molecule has 144 valence electrons. The first-order chi connectivity index (χ1) is 12.5. The van der Waals surface area contributed by atoms with Crippen LogP contribution in [0.5, 0.6) is 0 Å². The maximum atomic E-state index is 12.4. The van der Waals surface area contributed by atoms with Crippen molar-refractivity contribution in [2.75, 3.05) is 26.2 Å². The fourth-order valence-electron chi connectivity index (χ4n) is 3.01. The predicted molar refractivity (Wildman–Crippen MR) is 103 cm³/mol. The first kappa shape index (κ1) is 20.7. The molecule has 1 aromatic rings. The zero-order valence-corrected chi connectivity index (χ0v) is 16.4. The fraction of sp³-hybridized carbons (Fsp3) is 0.600. The third-order valence-corrected chi connectivity index (χ3v) is 4.78. The van der Waals surface area contributed by atoms with Gasteiger partial charge >= 0.3 is 0 Å². The lowest BCUT2D eigenvalue weighted by Crippen LogP contribution is -2.46. The predicted octanol–water partition coefficient (Wildman–Crippen LogP) is 3.05. The molecule has 6 heteroatoms. The monoisotopic (exact) mass is 380 g/mol. The van der Waals surface area contributed by atoms with Gasteiger partial charge < -0.3 is 15.0 Å². The van der Waals surface area contributed by atoms with Crippen molar-refractivity contribution in [3.05, 3.63) is 34.9 Å². The van der Waals surface area contributed by atoms with Crippen molar-refractivity contribution in [3.63, 3.8) is 0 Å². The normalized spacial score (nSPS) is 17.6. The van der Waals surface area contributed by atoms with Crippen molar-refractivity contribution in [2.45, 2.75) is 45.6 Å². The number of benzene rings is 1. The molecule has 1 heterocycles. The van der Waals surface area contributed by atoms with E-state index in [0.717, 1.165) is 18.4 Å². The van der Waals surface area contributed by atoms with E-state index in [-0.39, 0.29) is 23.8 Å². The molecule has 0 bridgehead atoms. The van der Waals surface area contributed by atoms with Crippen molar-refractivity contribution in [2.24, 2.45) is 5.92 Å². The SMILES string of the molecule is CC(C)OCCCNC(=O)[C@@H]1CCC(=O)N(CCc2ccc(Cl)cc2)C1. The lowest BCUT2D eigenvalue weighted by Gasteiger charge is -2.32. The lowest BCUT2D eigenvalue weighted by molar-refractivity contribution is -0.138. The Kier molecular flexibility index (Phi) is 8.39. The molecule has 26 heavy (non-hydrogen) atoms. The molecule has 2 amide bonds. The summed E-state index contributed by atoms with van der Waals surface area (Å²) in [7, 11) is 0. The summed E-state index contributed by atoms with van der Waals surface area (Å²) in [4.78, 5) is 26.3. The van der Waals surface area contributed by atoms with Crippen LogP contribution in [-0.2, 0) is 20.7 Å². The molecular formula is C20H29ClN2O3. The van der Waals surface area contributed by atoms with Crippen LogP contribution in [0.25, 0.3) is 0 Å². The molecule has 2 rings (SSSR count). The summed E-state index contributed by atoms with van der Waals surface area (Å²) >= 11 is 5.90. The van der Waals surface area contributed by atoms with Gasteiger partial charge in [-0.25, -0.2) is 0 Å². The van der Waals surface area contributed by atoms with Crippen molar-refractivity contribution in [1.29, 1.82) is 0 Å². The van der Waals surface area contributed by atoms with Crippen molar-refractivity contribution in [1.82, 2.24) is 10.2 Å². The van der Waals surface area contributed by atoms with Crippen LogP contribution in [0, 0.1) is 5.92 Å². The Morgan fingerprint density at radius 1 is 1.35 bits per heavy atom. The number of likely N-dealkylation sites (tertiary alicyclic amines) is 1. The van der Waals surface area contributed by atoms with Gasteiger partial charge in [-0.1, -0.05) is 23.7 Å². The van der Waals surface area contributed by atoms with Gasteiger partial charge in [-0.3, -0.25) is 9.59 Å². The molecule has 0 unspecified atom stereocenters. The van der Waals surface area contributed by atoms with Gasteiger partial charge in [0.25, 0.3) is 0 Å². The van der Waals surface area contributed by atoms with E-state index in [1.54, 1.807) is 0 Å². The smallest absolute Gasteiger partial charge is 0.224 e. The molecule has 1 saturated heterocycles. The number of carbonyl (C=O) groups is 2. The number of amides is 2. The van der Waals surface area contributed by atoms with Crippen LogP contribution >= 0.6 is 11.6 Å². The van der Waals surface area contributed by atoms with E-state index < -0.39 is 0 Å². The van der Waals surface area contributed by atoms with Crippen LogP contribution in [0.2, 0.25) is 5.02 Å². The standard InChI is InChI=1S/C20H29ClN2O3/c1-15(2)26-13-3-11-22-20(25)17-6-9-19(24)23(14-17)12-10-16-4-7-18(21)8-5-16/h4-5,7-8,15,17H,3,6,9-14H2,1-2H3,(H,22,25)/t17-/m1/s1. The largest absolute Gasteiger partial charge is 0.379 e. The van der Waals surface area contributed by atoms with Gasteiger partial charge in [0.15, 0.2) is 0 Å². The highest BCUT2D eigenvalue weighted by molar-refractivity contribution is 6.30. The minimum atomic E-state index is -0.121. The van der Waals surface area contributed by atoms with Crippen molar-refractivity contribution >= 4 is 23.4 Å². The molecular weight excluding hydrogens is 352 g/mol. The first-order valence-electron chi connectivity index (χ1n) is 9.37. The third-order valence-electron chi connectivity index (χ3n) is 4.53. The number of hydrogen-bond acceptors (Lipinski definition) is 3. The number of nitrogens with zero attached hydrogens (tertiary/aromatic N) is 1. The molecule has 1 aliphatic rings. The van der Waals surface area contributed by atoms with Gasteiger partial charge in [0.05, 0.1) is 12.0 Å². The summed E-state index contributed by atoms with van der Waals surface area (Å²) < 4.78 is 5.47. The first-order valence-corrected chi connectivity index (χ1v) is 9.75. The Balaban J connectivity index is 1.74. The molecule has 0 spiro atoms. The second-order valence-electron chi connectivity index (χ2n) is 7.02. The highest BCUT2D eigenvalue weighted by atomic mass is 35.5. The minimum Gasteiger partial charge on any atom is -0.379 e. The number of piperidine rings is 1. The quantitative estimate of drug-likeness (QED) is 0.670. The Morgan fingerprint density at radius 2 is 2.08 bits per heavy atom. The Labute approximate surface area is 161 Å². The molecule has 0 aliphatic carbocycles. The molecule has 1 atom stereocenters. The average Bonchev–Trinajstić information content (AvgIpc) is 2.61. The number of nitrogens with one attached hydrogen (secondary N) is 1. The van der Waals surface area contributed by atoms with Crippen molar-refractivity contribution < 1.29 is 14.3 Å². The second-order valence-corrected chi connectivity index (χ2v) is 7.45. The van der Waals surface area contributed by atoms with E-state index in [1.807, 2.05) is 43.0 Å². The summed E-state index contributed by atoms with van der Waals surface area (Å²) in [5.41, 5.74) is 1.14. The summed E-state index contributed by atoms with van der Waals surface area (Å²) in [6.45, 7) is 6.38. The van der Waals surface area contributed by atoms with E-state index in [2.05, 4.69) is 5.32 Å². The van der Waals surface area contributed by atoms with E-state index in [9.17, 15) is 9.59 Å². The zero-order chi connectivity index (χ0) is 18.9. The third kappa shape index (κ3) is 6.96. The second kappa shape index (κ2) is 10.5. The Hall–Kier alpha value is -1.59. The summed E-state index contributed by atoms with van der Waals surface area (Å²) in [6, 6.07) is 7.66. The van der Waals surface area contributed by atoms with E-state index in [0.29, 0.717) is 44.1 Å². The number of rotatable bonds is 9. The number of hydrogen-bond donors (Lipinski definition) is 1. The minimum absolute atomic E-state index is 0.0403. The Morgan fingerprint density at radius 3 is 2.77 bits per heavy atom. The highest BCUT2D eigenvalue weighted by Gasteiger charge is 2.29. The zero-order valence-electron chi connectivity index (χ0n) is 15.7. The van der Waals surface area contributed by atoms with Crippen LogP contribution in [-0.4, -0.2) is 49.1 Å². The lowest BCUT2D eigenvalue weighted by atomic mass is 9.96. The van der Waals surface area contributed by atoms with Gasteiger partial charge in [0.1, 0.15) is 0 Å². The number of halogens is 1. The maximum absolute atomic E-state index is 12.4. The van der Waals surface area contributed by atoms with Gasteiger partial charge in [-0.2, -0.15) is 0 Å². The van der Waals surface area contributed by atoms with Crippen LogP contribution in [0.15, 0.2) is 24.3 Å². The maximum Gasteiger partial charge on any atom is 0.224 e. The van der Waals surface area contributed by atoms with Crippen molar-refractivity contribution in [3.8, 4) is 0 Å². The van der Waals surface area contributed by atoms with Gasteiger partial charge in [-0.05, 0) is 50.8 Å². The molecule has 5 nitrogen and oxygen atoms in total. The molecule has 0 saturated carbocycles. The molecule has 1 aliphatic heterocycles. The number of ether oxygens (including phenoxy) is 1. The molecule has 0 aromatic heterocycles. The number of carbonyl (C=O) groups excluding carboxylic acids is 2. The van der Waals surface area contributed by atoms with Crippen LogP contribution in [0.1, 0.15) is 38.7 Å². The van der Waals surface area contributed by atoms with E-state index in [1.165, 1.54) is 0 Å². The van der Waals surface area contributed by atoms with Gasteiger partial charge in [0.2, 0.25) is 11.8 Å². The van der Waals surface area contributed by atoms with E-state index >= 15 is 0 Å². The van der Waals surface area contributed by atoms with Crippen LogP contribution in [0.4, 0.5) is 0 Å². The molecule has 1 N–H and O–H groups in total.